The van der Waals surface area contributed by atoms with Crippen molar-refractivity contribution in [3.63, 3.8) is 0 Å². The summed E-state index contributed by atoms with van der Waals surface area (Å²) in [6.45, 7) is 4.37. The molecule has 1 rings (SSSR count). The zero-order chi connectivity index (χ0) is 15.8. The average Bonchev–Trinajstić information content (AvgIpc) is 2.46. The van der Waals surface area contributed by atoms with E-state index in [-0.39, 0.29) is 24.0 Å². The summed E-state index contributed by atoms with van der Waals surface area (Å²) in [6, 6.07) is 5.43. The van der Waals surface area contributed by atoms with E-state index in [0.717, 1.165) is 6.42 Å². The van der Waals surface area contributed by atoms with Gasteiger partial charge in [-0.2, -0.15) is 0 Å². The predicted octanol–water partition coefficient (Wildman–Crippen LogP) is 1.61. The lowest BCUT2D eigenvalue weighted by atomic mass is 10.2. The molecule has 0 bridgehead atoms. The molecule has 0 unspecified atom stereocenters. The first-order valence-corrected chi connectivity index (χ1v) is 6.98. The van der Waals surface area contributed by atoms with Crippen molar-refractivity contribution >= 4 is 17.5 Å². The zero-order valence-corrected chi connectivity index (χ0v) is 12.6. The second kappa shape index (κ2) is 8.36. The van der Waals surface area contributed by atoms with Crippen LogP contribution in [0.15, 0.2) is 24.3 Å². The Balaban J connectivity index is 2.53. The number of carbonyl (C=O) groups excluding carboxylic acids is 2. The van der Waals surface area contributed by atoms with Crippen molar-refractivity contribution in [2.24, 2.45) is 0 Å². The molecule has 1 aromatic carbocycles. The smallest absolute Gasteiger partial charge is 0.241 e. The Bertz CT molecular complexity index is 494. The number of anilines is 1. The molecule has 21 heavy (non-hydrogen) atoms. The van der Waals surface area contributed by atoms with Crippen LogP contribution >= 0.6 is 0 Å². The highest BCUT2D eigenvalue weighted by atomic mass is 19.1. The normalized spacial score (nSPS) is 12.0. The first-order valence-electron chi connectivity index (χ1n) is 6.98. The van der Waals surface area contributed by atoms with Crippen molar-refractivity contribution in [2.75, 3.05) is 25.5 Å². The number of hydrogen-bond acceptors (Lipinski definition) is 3. The Hall–Kier alpha value is -1.95. The Morgan fingerprint density at radius 3 is 2.62 bits per heavy atom. The van der Waals surface area contributed by atoms with E-state index in [9.17, 15) is 14.0 Å². The monoisotopic (exact) mass is 295 g/mol. The summed E-state index contributed by atoms with van der Waals surface area (Å²) >= 11 is 0. The van der Waals surface area contributed by atoms with Gasteiger partial charge in [-0.3, -0.25) is 14.5 Å². The maximum atomic E-state index is 13.5. The fourth-order valence-corrected chi connectivity index (χ4v) is 1.68. The van der Waals surface area contributed by atoms with Gasteiger partial charge in [0.25, 0.3) is 0 Å². The van der Waals surface area contributed by atoms with Gasteiger partial charge in [-0.25, -0.2) is 4.39 Å². The molecule has 0 aliphatic heterocycles. The summed E-state index contributed by atoms with van der Waals surface area (Å²) in [6.07, 6.45) is 0.860. The second-order valence-corrected chi connectivity index (χ2v) is 4.91. The van der Waals surface area contributed by atoms with Crippen LogP contribution in [0.3, 0.4) is 0 Å². The molecule has 1 aromatic rings. The van der Waals surface area contributed by atoms with Gasteiger partial charge in [0.1, 0.15) is 5.82 Å². The fourth-order valence-electron chi connectivity index (χ4n) is 1.68. The number of carbonyl (C=O) groups is 2. The molecule has 0 spiro atoms. The Morgan fingerprint density at radius 2 is 2.00 bits per heavy atom. The fraction of sp³-hybridized carbons (Fsp3) is 0.467. The molecular formula is C15H22FN3O2. The number of nitrogens with zero attached hydrogens (tertiary/aromatic N) is 1. The van der Waals surface area contributed by atoms with E-state index in [2.05, 4.69) is 10.6 Å². The molecule has 0 aliphatic carbocycles. The van der Waals surface area contributed by atoms with Crippen LogP contribution in [0.2, 0.25) is 0 Å². The maximum Gasteiger partial charge on any atom is 0.241 e. The molecule has 0 aromatic heterocycles. The third-order valence-corrected chi connectivity index (χ3v) is 3.14. The third kappa shape index (κ3) is 5.51. The van der Waals surface area contributed by atoms with Crippen LogP contribution in [0.25, 0.3) is 0 Å². The van der Waals surface area contributed by atoms with Gasteiger partial charge in [-0.05, 0) is 32.5 Å². The van der Waals surface area contributed by atoms with Crippen molar-refractivity contribution < 1.29 is 14.0 Å². The van der Waals surface area contributed by atoms with E-state index in [1.54, 1.807) is 31.0 Å². The zero-order valence-electron chi connectivity index (χ0n) is 12.6. The number of benzene rings is 1. The molecule has 2 amide bonds. The molecule has 0 fully saturated rings. The Kier molecular flexibility index (Phi) is 6.81. The number of rotatable bonds is 7. The average molecular weight is 295 g/mol. The summed E-state index contributed by atoms with van der Waals surface area (Å²) in [5.74, 6) is -0.975. The molecule has 0 saturated carbocycles. The van der Waals surface area contributed by atoms with Gasteiger partial charge in [0, 0.05) is 6.54 Å². The van der Waals surface area contributed by atoms with Gasteiger partial charge in [0.2, 0.25) is 11.8 Å². The first kappa shape index (κ1) is 17.1. The van der Waals surface area contributed by atoms with E-state index in [4.69, 9.17) is 0 Å². The Morgan fingerprint density at radius 1 is 1.33 bits per heavy atom. The van der Waals surface area contributed by atoms with E-state index < -0.39 is 11.9 Å². The topological polar surface area (TPSA) is 61.4 Å². The molecule has 1 atom stereocenters. The number of likely N-dealkylation sites (N-methyl/N-ethyl adjacent to an activating group) is 1. The van der Waals surface area contributed by atoms with Crippen LogP contribution in [0.1, 0.15) is 20.3 Å². The van der Waals surface area contributed by atoms with Gasteiger partial charge in [0.15, 0.2) is 0 Å². The molecule has 0 aliphatic rings. The maximum absolute atomic E-state index is 13.5. The van der Waals surface area contributed by atoms with Gasteiger partial charge in [0.05, 0.1) is 18.3 Å². The summed E-state index contributed by atoms with van der Waals surface area (Å²) in [7, 11) is 1.68. The summed E-state index contributed by atoms with van der Waals surface area (Å²) in [5.41, 5.74) is 0.137. The van der Waals surface area contributed by atoms with E-state index in [1.807, 2.05) is 6.92 Å². The largest absolute Gasteiger partial charge is 0.355 e. The molecular weight excluding hydrogens is 273 g/mol. The number of nitrogens with one attached hydrogen (secondary N) is 2. The minimum absolute atomic E-state index is 0.117. The van der Waals surface area contributed by atoms with Gasteiger partial charge >= 0.3 is 0 Å². The van der Waals surface area contributed by atoms with Gasteiger partial charge in [-0.15, -0.1) is 0 Å². The van der Waals surface area contributed by atoms with E-state index in [1.165, 1.54) is 12.1 Å². The van der Waals surface area contributed by atoms with Gasteiger partial charge in [-0.1, -0.05) is 19.1 Å². The van der Waals surface area contributed by atoms with Crippen LogP contribution in [0, 0.1) is 5.82 Å². The van der Waals surface area contributed by atoms with Crippen LogP contribution < -0.4 is 10.6 Å². The third-order valence-electron chi connectivity index (χ3n) is 3.14. The second-order valence-electron chi connectivity index (χ2n) is 4.91. The highest BCUT2D eigenvalue weighted by Crippen LogP contribution is 2.13. The van der Waals surface area contributed by atoms with Crippen molar-refractivity contribution in [3.8, 4) is 0 Å². The van der Waals surface area contributed by atoms with Crippen LogP contribution in [-0.4, -0.2) is 42.9 Å². The predicted molar refractivity (Wildman–Crippen MR) is 80.4 cm³/mol. The van der Waals surface area contributed by atoms with E-state index >= 15 is 0 Å². The molecule has 5 nitrogen and oxygen atoms in total. The van der Waals surface area contributed by atoms with Gasteiger partial charge < -0.3 is 10.6 Å². The summed E-state index contributed by atoms with van der Waals surface area (Å²) in [5, 5.41) is 5.26. The standard InChI is InChI=1S/C15H22FN3O2/c1-4-9-17-14(20)10-19(3)11(2)15(21)18-13-8-6-5-7-12(13)16/h5-8,11H,4,9-10H2,1-3H3,(H,17,20)(H,18,21)/t11-/m1/s1. The lowest BCUT2D eigenvalue weighted by Crippen LogP contribution is -2.45. The molecule has 2 N–H and O–H groups in total. The van der Waals surface area contributed by atoms with Crippen molar-refractivity contribution in [1.29, 1.82) is 0 Å². The lowest BCUT2D eigenvalue weighted by molar-refractivity contribution is -0.124. The van der Waals surface area contributed by atoms with Crippen molar-refractivity contribution in [2.45, 2.75) is 26.3 Å². The molecule has 6 heteroatoms. The van der Waals surface area contributed by atoms with E-state index in [0.29, 0.717) is 6.54 Å². The number of amides is 2. The Labute approximate surface area is 124 Å². The molecule has 0 radical (unpaired) electrons. The number of para-hydroxylation sites is 1. The highest BCUT2D eigenvalue weighted by Gasteiger charge is 2.20. The van der Waals surface area contributed by atoms with Crippen LogP contribution in [0.5, 0.6) is 0 Å². The highest BCUT2D eigenvalue weighted by molar-refractivity contribution is 5.95. The minimum atomic E-state index is -0.544. The van der Waals surface area contributed by atoms with Crippen molar-refractivity contribution in [3.05, 3.63) is 30.1 Å². The van der Waals surface area contributed by atoms with Crippen LogP contribution in [-0.2, 0) is 9.59 Å². The molecule has 0 saturated heterocycles. The first-order chi connectivity index (χ1) is 9.95. The summed E-state index contributed by atoms with van der Waals surface area (Å²) in [4.78, 5) is 25.3. The summed E-state index contributed by atoms with van der Waals surface area (Å²) < 4.78 is 13.5. The lowest BCUT2D eigenvalue weighted by Gasteiger charge is -2.23. The molecule has 0 heterocycles. The molecule has 116 valence electrons. The van der Waals surface area contributed by atoms with Crippen LogP contribution in [0.4, 0.5) is 10.1 Å². The quantitative estimate of drug-likeness (QED) is 0.803. The number of hydrogen-bond donors (Lipinski definition) is 2. The SMILES string of the molecule is CCCNC(=O)CN(C)[C@H](C)C(=O)Nc1ccccc1F. The van der Waals surface area contributed by atoms with Crippen molar-refractivity contribution in [1.82, 2.24) is 10.2 Å². The number of halogens is 1. The minimum Gasteiger partial charge on any atom is -0.355 e.